The summed E-state index contributed by atoms with van der Waals surface area (Å²) >= 11 is 1.67. The molecular weight excluding hydrogens is 272 g/mol. The number of aromatic hydroxyl groups is 1. The summed E-state index contributed by atoms with van der Waals surface area (Å²) in [7, 11) is -3.56. The lowest BCUT2D eigenvalue weighted by atomic mass is 10.2. The van der Waals surface area contributed by atoms with Crippen LogP contribution in [0.25, 0.3) is 0 Å². The van der Waals surface area contributed by atoms with Gasteiger partial charge in [0.25, 0.3) is 0 Å². The normalized spacial score (nSPS) is 13.4. The average molecular weight is 290 g/mol. The molecule has 4 N–H and O–H groups in total. The molecule has 18 heavy (non-hydrogen) atoms. The van der Waals surface area contributed by atoms with Crippen LogP contribution in [0, 0.1) is 5.92 Å². The van der Waals surface area contributed by atoms with Gasteiger partial charge in [-0.05, 0) is 36.1 Å². The molecule has 1 unspecified atom stereocenters. The first-order valence-electron chi connectivity index (χ1n) is 5.44. The van der Waals surface area contributed by atoms with Gasteiger partial charge in [0, 0.05) is 6.54 Å². The third kappa shape index (κ3) is 4.08. The molecule has 0 aliphatic carbocycles. The fraction of sp³-hybridized carbons (Fsp3) is 0.455. The molecule has 102 valence electrons. The topological polar surface area (TPSA) is 92.4 Å². The van der Waals surface area contributed by atoms with Gasteiger partial charge in [0.15, 0.2) is 0 Å². The molecule has 0 aliphatic heterocycles. The molecule has 0 bridgehead atoms. The lowest BCUT2D eigenvalue weighted by Gasteiger charge is -2.12. The van der Waals surface area contributed by atoms with Crippen LogP contribution in [-0.2, 0) is 10.0 Å². The van der Waals surface area contributed by atoms with Crippen LogP contribution < -0.4 is 10.5 Å². The molecule has 0 saturated heterocycles. The Bertz CT molecular complexity index is 503. The van der Waals surface area contributed by atoms with Crippen molar-refractivity contribution in [3.63, 3.8) is 0 Å². The number of benzene rings is 1. The van der Waals surface area contributed by atoms with Gasteiger partial charge in [0.05, 0.1) is 10.6 Å². The van der Waals surface area contributed by atoms with Crippen LogP contribution in [0.3, 0.4) is 0 Å². The second-order valence-corrected chi connectivity index (χ2v) is 6.81. The minimum absolute atomic E-state index is 0.0510. The molecule has 1 aromatic carbocycles. The number of sulfonamides is 1. The van der Waals surface area contributed by atoms with E-state index in [4.69, 9.17) is 5.73 Å². The highest BCUT2D eigenvalue weighted by molar-refractivity contribution is 7.98. The Morgan fingerprint density at radius 1 is 1.50 bits per heavy atom. The summed E-state index contributed by atoms with van der Waals surface area (Å²) in [5.41, 5.74) is 5.53. The molecular formula is C11H18N2O3S2. The van der Waals surface area contributed by atoms with E-state index >= 15 is 0 Å². The van der Waals surface area contributed by atoms with Crippen molar-refractivity contribution in [2.75, 3.05) is 24.3 Å². The Labute approximate surface area is 112 Å². The quantitative estimate of drug-likeness (QED) is 0.542. The van der Waals surface area contributed by atoms with Crippen molar-refractivity contribution < 1.29 is 13.5 Å². The van der Waals surface area contributed by atoms with Crippen LogP contribution in [0.2, 0.25) is 0 Å². The van der Waals surface area contributed by atoms with Crippen molar-refractivity contribution in [3.05, 3.63) is 18.2 Å². The van der Waals surface area contributed by atoms with Crippen molar-refractivity contribution in [2.45, 2.75) is 11.8 Å². The second-order valence-electron chi connectivity index (χ2n) is 4.13. The Hall–Kier alpha value is -0.920. The van der Waals surface area contributed by atoms with Gasteiger partial charge in [0.2, 0.25) is 10.0 Å². The van der Waals surface area contributed by atoms with Crippen LogP contribution in [0.5, 0.6) is 5.75 Å². The zero-order valence-electron chi connectivity index (χ0n) is 10.4. The lowest BCUT2D eigenvalue weighted by Crippen LogP contribution is -2.29. The number of hydrogen-bond acceptors (Lipinski definition) is 5. The van der Waals surface area contributed by atoms with E-state index in [0.29, 0.717) is 6.54 Å². The summed E-state index contributed by atoms with van der Waals surface area (Å²) in [4.78, 5) is 0.0640. The summed E-state index contributed by atoms with van der Waals surface area (Å²) in [5.74, 6) is 1.02. The molecule has 0 amide bonds. The molecule has 7 heteroatoms. The van der Waals surface area contributed by atoms with Crippen LogP contribution in [0.15, 0.2) is 23.1 Å². The summed E-state index contributed by atoms with van der Waals surface area (Å²) in [5, 5.41) is 9.25. The molecule has 0 heterocycles. The summed E-state index contributed by atoms with van der Waals surface area (Å²) in [6, 6.07) is 3.85. The molecule has 1 rings (SSSR count). The van der Waals surface area contributed by atoms with E-state index in [2.05, 4.69) is 4.72 Å². The Balaban J connectivity index is 2.77. The molecule has 0 spiro atoms. The molecule has 5 nitrogen and oxygen atoms in total. The van der Waals surface area contributed by atoms with Gasteiger partial charge in [-0.3, -0.25) is 0 Å². The highest BCUT2D eigenvalue weighted by Crippen LogP contribution is 2.23. The number of anilines is 1. The highest BCUT2D eigenvalue weighted by Gasteiger charge is 2.16. The first-order chi connectivity index (χ1) is 8.36. The molecule has 1 aromatic rings. The predicted octanol–water partition coefficient (Wildman–Crippen LogP) is 1.25. The number of nitrogens with two attached hydrogens (primary N) is 1. The van der Waals surface area contributed by atoms with Crippen LogP contribution >= 0.6 is 11.8 Å². The van der Waals surface area contributed by atoms with E-state index in [1.807, 2.05) is 13.2 Å². The maximum Gasteiger partial charge on any atom is 0.240 e. The van der Waals surface area contributed by atoms with Crippen LogP contribution in [-0.4, -0.2) is 32.1 Å². The van der Waals surface area contributed by atoms with Crippen molar-refractivity contribution in [1.29, 1.82) is 0 Å². The van der Waals surface area contributed by atoms with E-state index in [1.165, 1.54) is 18.2 Å². The molecule has 0 aromatic heterocycles. The number of nitrogen functional groups attached to an aromatic ring is 1. The monoisotopic (exact) mass is 290 g/mol. The maximum absolute atomic E-state index is 11.9. The standard InChI is InChI=1S/C11H18N2O3S2/c1-8(7-17-2)6-13-18(15,16)9-3-4-11(14)10(12)5-9/h3-5,8,13-14H,6-7,12H2,1-2H3. The SMILES string of the molecule is CSCC(C)CNS(=O)(=O)c1ccc(O)c(N)c1. The fourth-order valence-corrected chi connectivity index (χ4v) is 3.27. The van der Waals surface area contributed by atoms with Gasteiger partial charge >= 0.3 is 0 Å². The third-order valence-electron chi connectivity index (χ3n) is 2.38. The summed E-state index contributed by atoms with van der Waals surface area (Å²) in [6.45, 7) is 2.36. The Kier molecular flexibility index (Phi) is 5.30. The number of thioether (sulfide) groups is 1. The summed E-state index contributed by atoms with van der Waals surface area (Å²) in [6.07, 6.45) is 1.98. The molecule has 0 saturated carbocycles. The predicted molar refractivity (Wildman–Crippen MR) is 75.3 cm³/mol. The first-order valence-corrected chi connectivity index (χ1v) is 8.31. The van der Waals surface area contributed by atoms with E-state index in [1.54, 1.807) is 11.8 Å². The number of rotatable bonds is 6. The average Bonchev–Trinajstić information content (AvgIpc) is 2.30. The van der Waals surface area contributed by atoms with Crippen LogP contribution in [0.1, 0.15) is 6.92 Å². The van der Waals surface area contributed by atoms with Gasteiger partial charge in [0.1, 0.15) is 5.75 Å². The highest BCUT2D eigenvalue weighted by atomic mass is 32.2. The van der Waals surface area contributed by atoms with Crippen molar-refractivity contribution >= 4 is 27.5 Å². The fourth-order valence-electron chi connectivity index (χ4n) is 1.38. The number of nitrogens with one attached hydrogen (secondary N) is 1. The largest absolute Gasteiger partial charge is 0.506 e. The molecule has 0 radical (unpaired) electrons. The van der Waals surface area contributed by atoms with Crippen LogP contribution in [0.4, 0.5) is 5.69 Å². The van der Waals surface area contributed by atoms with Gasteiger partial charge in [-0.15, -0.1) is 0 Å². The molecule has 0 aliphatic rings. The van der Waals surface area contributed by atoms with E-state index in [0.717, 1.165) is 5.75 Å². The number of phenols is 1. The van der Waals surface area contributed by atoms with Gasteiger partial charge in [-0.25, -0.2) is 13.1 Å². The van der Waals surface area contributed by atoms with Crippen molar-refractivity contribution in [3.8, 4) is 5.75 Å². The zero-order valence-corrected chi connectivity index (χ0v) is 12.0. The van der Waals surface area contributed by atoms with E-state index < -0.39 is 10.0 Å². The van der Waals surface area contributed by atoms with Crippen molar-refractivity contribution in [2.24, 2.45) is 5.92 Å². The van der Waals surface area contributed by atoms with Gasteiger partial charge in [-0.1, -0.05) is 6.92 Å². The first kappa shape index (κ1) is 15.1. The second kappa shape index (κ2) is 6.31. The number of hydrogen-bond donors (Lipinski definition) is 3. The molecule has 0 fully saturated rings. The number of phenolic OH excluding ortho intramolecular Hbond substituents is 1. The van der Waals surface area contributed by atoms with Crippen molar-refractivity contribution in [1.82, 2.24) is 4.72 Å². The zero-order chi connectivity index (χ0) is 13.8. The summed E-state index contributed by atoms with van der Waals surface area (Å²) < 4.78 is 26.4. The molecule has 1 atom stereocenters. The van der Waals surface area contributed by atoms with E-state index in [9.17, 15) is 13.5 Å². The Morgan fingerprint density at radius 3 is 2.72 bits per heavy atom. The Morgan fingerprint density at radius 2 is 2.17 bits per heavy atom. The minimum atomic E-state index is -3.56. The smallest absolute Gasteiger partial charge is 0.240 e. The van der Waals surface area contributed by atoms with E-state index in [-0.39, 0.29) is 22.3 Å². The lowest BCUT2D eigenvalue weighted by molar-refractivity contribution is 0.477. The third-order valence-corrected chi connectivity index (χ3v) is 4.71. The van der Waals surface area contributed by atoms with Gasteiger partial charge < -0.3 is 10.8 Å². The minimum Gasteiger partial charge on any atom is -0.506 e. The maximum atomic E-state index is 11.9. The van der Waals surface area contributed by atoms with Gasteiger partial charge in [-0.2, -0.15) is 11.8 Å².